The first-order chi connectivity index (χ1) is 16.7. The van der Waals surface area contributed by atoms with Crippen molar-refractivity contribution in [3.8, 4) is 28.7 Å². The summed E-state index contributed by atoms with van der Waals surface area (Å²) in [5.41, 5.74) is 2.61. The van der Waals surface area contributed by atoms with Crippen LogP contribution in [0.15, 0.2) is 74.6 Å². The zero-order valence-corrected chi connectivity index (χ0v) is 17.8. The number of carbonyl (C=O) groups is 1. The van der Waals surface area contributed by atoms with E-state index >= 15 is 0 Å². The zero-order valence-electron chi connectivity index (χ0n) is 17.8. The van der Waals surface area contributed by atoms with E-state index < -0.39 is 5.91 Å². The third-order valence-electron chi connectivity index (χ3n) is 5.66. The molecule has 10 nitrogen and oxygen atoms in total. The third kappa shape index (κ3) is 3.51. The average Bonchev–Trinajstić information content (AvgIpc) is 3.66. The number of nitrogens with zero attached hydrogens (tertiary/aromatic N) is 4. The van der Waals surface area contributed by atoms with E-state index in [2.05, 4.69) is 25.5 Å². The Hall–Kier alpha value is -4.73. The topological polar surface area (TPSA) is 132 Å². The molecule has 4 heterocycles. The van der Waals surface area contributed by atoms with Gasteiger partial charge in [-0.1, -0.05) is 35.5 Å². The number of furan rings is 1. The summed E-state index contributed by atoms with van der Waals surface area (Å²) in [4.78, 5) is 32.9. The molecule has 1 aliphatic carbocycles. The van der Waals surface area contributed by atoms with Crippen molar-refractivity contribution >= 4 is 11.7 Å². The quantitative estimate of drug-likeness (QED) is 0.415. The SMILES string of the molecule is O=C(Nc1cc(-c2ccco2)nn1-c1nc2c(c(=O)[nH]1)CCC2)c1cc(-c2ccccc2)on1. The van der Waals surface area contributed by atoms with Crippen molar-refractivity contribution in [2.45, 2.75) is 19.3 Å². The van der Waals surface area contributed by atoms with Gasteiger partial charge in [0.15, 0.2) is 17.2 Å². The van der Waals surface area contributed by atoms with Crippen LogP contribution < -0.4 is 10.9 Å². The van der Waals surface area contributed by atoms with Crippen LogP contribution in [0, 0.1) is 0 Å². The maximum Gasteiger partial charge on any atom is 0.279 e. The molecule has 0 saturated carbocycles. The van der Waals surface area contributed by atoms with Crippen molar-refractivity contribution < 1.29 is 13.7 Å². The molecule has 5 aromatic rings. The van der Waals surface area contributed by atoms with Crippen LogP contribution in [-0.2, 0) is 12.8 Å². The molecular formula is C24H18N6O4. The van der Waals surface area contributed by atoms with Gasteiger partial charge in [-0.2, -0.15) is 9.78 Å². The van der Waals surface area contributed by atoms with Crippen molar-refractivity contribution in [3.05, 3.63) is 88.2 Å². The number of hydrogen-bond donors (Lipinski definition) is 2. The fourth-order valence-corrected chi connectivity index (χ4v) is 4.01. The Labute approximate surface area is 192 Å². The van der Waals surface area contributed by atoms with Crippen LogP contribution in [0.3, 0.4) is 0 Å². The molecule has 1 aromatic carbocycles. The number of H-pyrrole nitrogens is 1. The van der Waals surface area contributed by atoms with Crippen LogP contribution in [0.25, 0.3) is 28.7 Å². The molecule has 1 aliphatic rings. The van der Waals surface area contributed by atoms with Crippen LogP contribution in [-0.4, -0.2) is 30.8 Å². The van der Waals surface area contributed by atoms with Crippen molar-refractivity contribution in [2.75, 3.05) is 5.32 Å². The number of fused-ring (bicyclic) bond motifs is 1. The fourth-order valence-electron chi connectivity index (χ4n) is 4.01. The molecule has 168 valence electrons. The smallest absolute Gasteiger partial charge is 0.279 e. The Morgan fingerprint density at radius 2 is 1.94 bits per heavy atom. The predicted octanol–water partition coefficient (Wildman–Crippen LogP) is 3.61. The number of rotatable bonds is 5. The summed E-state index contributed by atoms with van der Waals surface area (Å²) >= 11 is 0. The minimum atomic E-state index is -0.499. The van der Waals surface area contributed by atoms with E-state index in [1.807, 2.05) is 30.3 Å². The highest BCUT2D eigenvalue weighted by atomic mass is 16.5. The summed E-state index contributed by atoms with van der Waals surface area (Å²) in [5.74, 6) is 0.984. The highest BCUT2D eigenvalue weighted by Crippen LogP contribution is 2.26. The average molecular weight is 454 g/mol. The van der Waals surface area contributed by atoms with Gasteiger partial charge in [-0.15, -0.1) is 0 Å². The minimum Gasteiger partial charge on any atom is -0.463 e. The molecule has 0 unspecified atom stereocenters. The maximum atomic E-state index is 13.0. The van der Waals surface area contributed by atoms with E-state index in [9.17, 15) is 9.59 Å². The molecule has 1 amide bonds. The lowest BCUT2D eigenvalue weighted by atomic mass is 10.1. The van der Waals surface area contributed by atoms with E-state index in [-0.39, 0.29) is 17.2 Å². The molecule has 6 rings (SSSR count). The first kappa shape index (κ1) is 19.9. The van der Waals surface area contributed by atoms with E-state index in [0.717, 1.165) is 24.1 Å². The third-order valence-corrected chi connectivity index (χ3v) is 5.66. The number of aromatic nitrogens is 5. The number of benzene rings is 1. The second-order valence-electron chi connectivity index (χ2n) is 7.87. The van der Waals surface area contributed by atoms with Crippen LogP contribution in [0.4, 0.5) is 5.82 Å². The van der Waals surface area contributed by atoms with Crippen molar-refractivity contribution in [2.24, 2.45) is 0 Å². The second kappa shape index (κ2) is 8.00. The highest BCUT2D eigenvalue weighted by Gasteiger charge is 2.22. The first-order valence-electron chi connectivity index (χ1n) is 10.8. The van der Waals surface area contributed by atoms with Gasteiger partial charge in [-0.3, -0.25) is 14.6 Å². The van der Waals surface area contributed by atoms with E-state index in [0.29, 0.717) is 35.0 Å². The van der Waals surface area contributed by atoms with Gasteiger partial charge in [0.2, 0.25) is 5.95 Å². The summed E-state index contributed by atoms with van der Waals surface area (Å²) < 4.78 is 12.2. The normalized spacial score (nSPS) is 12.6. The highest BCUT2D eigenvalue weighted by molar-refractivity contribution is 6.03. The van der Waals surface area contributed by atoms with Crippen molar-refractivity contribution in [1.82, 2.24) is 24.9 Å². The van der Waals surface area contributed by atoms with Gasteiger partial charge >= 0.3 is 0 Å². The van der Waals surface area contributed by atoms with Crippen LogP contribution in [0.1, 0.15) is 28.2 Å². The fraction of sp³-hybridized carbons (Fsp3) is 0.125. The van der Waals surface area contributed by atoms with Crippen molar-refractivity contribution in [1.29, 1.82) is 0 Å². The zero-order chi connectivity index (χ0) is 23.1. The van der Waals surface area contributed by atoms with Crippen LogP contribution in [0.5, 0.6) is 0 Å². The van der Waals surface area contributed by atoms with E-state index in [1.165, 1.54) is 10.9 Å². The standard InChI is InChI=1S/C24H18N6O4/c31-22-15-8-4-9-16(15)25-24(27-22)30-21(13-17(28-30)19-10-5-11-33-19)26-23(32)18-12-20(34-29-18)14-6-2-1-3-7-14/h1-3,5-7,10-13H,4,8-9H2,(H,26,32)(H,25,27,31). The van der Waals surface area contributed by atoms with Gasteiger partial charge < -0.3 is 14.3 Å². The largest absolute Gasteiger partial charge is 0.463 e. The summed E-state index contributed by atoms with van der Waals surface area (Å²) in [6.45, 7) is 0. The molecule has 0 fully saturated rings. The lowest BCUT2D eigenvalue weighted by Gasteiger charge is -2.08. The first-order valence-corrected chi connectivity index (χ1v) is 10.8. The maximum absolute atomic E-state index is 13.0. The monoisotopic (exact) mass is 454 g/mol. The lowest BCUT2D eigenvalue weighted by Crippen LogP contribution is -2.21. The molecule has 0 radical (unpaired) electrons. The predicted molar refractivity (Wildman–Crippen MR) is 122 cm³/mol. The summed E-state index contributed by atoms with van der Waals surface area (Å²) in [6, 6.07) is 16.1. The number of aromatic amines is 1. The Morgan fingerprint density at radius 3 is 2.76 bits per heavy atom. The van der Waals surface area contributed by atoms with E-state index in [1.54, 1.807) is 24.3 Å². The van der Waals surface area contributed by atoms with Crippen molar-refractivity contribution in [3.63, 3.8) is 0 Å². The summed E-state index contributed by atoms with van der Waals surface area (Å²) in [7, 11) is 0. The van der Waals surface area contributed by atoms with Gasteiger partial charge in [0.1, 0.15) is 11.5 Å². The minimum absolute atomic E-state index is 0.0987. The molecular weight excluding hydrogens is 436 g/mol. The lowest BCUT2D eigenvalue weighted by molar-refractivity contribution is 0.101. The van der Waals surface area contributed by atoms with Gasteiger partial charge in [-0.25, -0.2) is 4.98 Å². The van der Waals surface area contributed by atoms with Crippen LogP contribution in [0.2, 0.25) is 0 Å². The van der Waals surface area contributed by atoms with Gasteiger partial charge in [0, 0.05) is 23.3 Å². The van der Waals surface area contributed by atoms with Gasteiger partial charge in [0.25, 0.3) is 11.5 Å². The number of amides is 1. The number of nitrogens with one attached hydrogen (secondary N) is 2. The Kier molecular flexibility index (Phi) is 4.69. The number of hydrogen-bond acceptors (Lipinski definition) is 7. The molecule has 34 heavy (non-hydrogen) atoms. The Balaban J connectivity index is 1.37. The molecule has 0 spiro atoms. The molecule has 0 atom stereocenters. The summed E-state index contributed by atoms with van der Waals surface area (Å²) in [6.07, 6.45) is 3.84. The number of anilines is 1. The summed E-state index contributed by atoms with van der Waals surface area (Å²) in [5, 5.41) is 11.2. The Bertz CT molecular complexity index is 1550. The molecule has 0 saturated heterocycles. The second-order valence-corrected chi connectivity index (χ2v) is 7.87. The molecule has 0 bridgehead atoms. The van der Waals surface area contributed by atoms with Crippen LogP contribution >= 0.6 is 0 Å². The molecule has 2 N–H and O–H groups in total. The molecule has 10 heteroatoms. The molecule has 4 aromatic heterocycles. The number of carbonyl (C=O) groups excluding carboxylic acids is 1. The van der Waals surface area contributed by atoms with Gasteiger partial charge in [0.05, 0.1) is 12.0 Å². The van der Waals surface area contributed by atoms with Gasteiger partial charge in [-0.05, 0) is 31.4 Å². The Morgan fingerprint density at radius 1 is 1.06 bits per heavy atom. The number of aryl methyl sites for hydroxylation is 1. The van der Waals surface area contributed by atoms with E-state index in [4.69, 9.17) is 8.94 Å². The molecule has 0 aliphatic heterocycles.